The number of thiocarbonyl (C=S) groups is 1. The van der Waals surface area contributed by atoms with Gasteiger partial charge in [-0.3, -0.25) is 0 Å². The van der Waals surface area contributed by atoms with Gasteiger partial charge in [0, 0.05) is 12.1 Å². The van der Waals surface area contributed by atoms with Crippen LogP contribution in [0.4, 0.5) is 0 Å². The predicted octanol–water partition coefficient (Wildman–Crippen LogP) is 3.52. The summed E-state index contributed by atoms with van der Waals surface area (Å²) in [7, 11) is 0. The number of nitrogens with one attached hydrogen (secondary N) is 2. The van der Waals surface area contributed by atoms with Crippen LogP contribution in [0.1, 0.15) is 40.2 Å². The molecule has 0 saturated carbocycles. The number of hydrogen-bond acceptors (Lipinski definition) is 2. The summed E-state index contributed by atoms with van der Waals surface area (Å²) >= 11 is 5.54. The first kappa shape index (κ1) is 16.1. The van der Waals surface area contributed by atoms with Gasteiger partial charge in [0.25, 0.3) is 0 Å². The van der Waals surface area contributed by atoms with E-state index in [9.17, 15) is 0 Å². The van der Waals surface area contributed by atoms with E-state index < -0.39 is 0 Å². The molecule has 1 aromatic rings. The summed E-state index contributed by atoms with van der Waals surface area (Å²) in [4.78, 5) is 0.901. The third-order valence-electron chi connectivity index (χ3n) is 2.82. The Labute approximate surface area is 123 Å². The van der Waals surface area contributed by atoms with E-state index in [1.807, 2.05) is 6.07 Å². The minimum Gasteiger partial charge on any atom is -0.374 e. The van der Waals surface area contributed by atoms with E-state index in [1.54, 1.807) is 0 Å². The fourth-order valence-electron chi connectivity index (χ4n) is 1.90. The van der Waals surface area contributed by atoms with Gasteiger partial charge in [-0.25, -0.2) is 0 Å². The van der Waals surface area contributed by atoms with Crippen molar-refractivity contribution in [3.8, 4) is 0 Å². The standard InChI is InChI=1S/C16H26N2S/c1-12(2)14(15(19)18-16(3,4)5)17-11-13-9-7-6-8-10-13/h6-10,12,14,17H,11H2,1-5H3,(H,18,19). The molecule has 1 rings (SSSR count). The van der Waals surface area contributed by atoms with Crippen molar-refractivity contribution in [2.75, 3.05) is 0 Å². The van der Waals surface area contributed by atoms with Gasteiger partial charge in [-0.05, 0) is 32.3 Å². The zero-order valence-corrected chi connectivity index (χ0v) is 13.5. The van der Waals surface area contributed by atoms with Crippen LogP contribution < -0.4 is 10.6 Å². The second kappa shape index (κ2) is 7.01. The highest BCUT2D eigenvalue weighted by atomic mass is 32.1. The summed E-state index contributed by atoms with van der Waals surface area (Å²) in [6.07, 6.45) is 0. The van der Waals surface area contributed by atoms with Crippen LogP contribution in [-0.2, 0) is 6.54 Å². The highest BCUT2D eigenvalue weighted by molar-refractivity contribution is 7.80. The van der Waals surface area contributed by atoms with Gasteiger partial charge < -0.3 is 10.6 Å². The van der Waals surface area contributed by atoms with Crippen molar-refractivity contribution in [1.82, 2.24) is 10.6 Å². The fourth-order valence-corrected chi connectivity index (χ4v) is 2.56. The van der Waals surface area contributed by atoms with E-state index in [0.29, 0.717) is 5.92 Å². The maximum absolute atomic E-state index is 5.54. The van der Waals surface area contributed by atoms with Crippen molar-refractivity contribution in [2.24, 2.45) is 5.92 Å². The lowest BCUT2D eigenvalue weighted by atomic mass is 10.0. The van der Waals surface area contributed by atoms with Gasteiger partial charge in [0.2, 0.25) is 0 Å². The molecule has 2 nitrogen and oxygen atoms in total. The number of hydrogen-bond donors (Lipinski definition) is 2. The monoisotopic (exact) mass is 278 g/mol. The van der Waals surface area contributed by atoms with Crippen LogP contribution in [0, 0.1) is 5.92 Å². The molecule has 1 atom stereocenters. The zero-order chi connectivity index (χ0) is 14.5. The van der Waals surface area contributed by atoms with E-state index in [2.05, 4.69) is 69.5 Å². The van der Waals surface area contributed by atoms with Crippen molar-refractivity contribution in [3.05, 3.63) is 35.9 Å². The first-order valence-corrected chi connectivity index (χ1v) is 7.30. The Morgan fingerprint density at radius 1 is 1.16 bits per heavy atom. The van der Waals surface area contributed by atoms with Gasteiger partial charge in [-0.1, -0.05) is 56.4 Å². The van der Waals surface area contributed by atoms with Crippen molar-refractivity contribution >= 4 is 17.2 Å². The Bertz CT molecular complexity index is 393. The van der Waals surface area contributed by atoms with Crippen molar-refractivity contribution in [3.63, 3.8) is 0 Å². The van der Waals surface area contributed by atoms with Crippen molar-refractivity contribution in [1.29, 1.82) is 0 Å². The fraction of sp³-hybridized carbons (Fsp3) is 0.562. The zero-order valence-electron chi connectivity index (χ0n) is 12.7. The normalized spacial score (nSPS) is 13.4. The van der Waals surface area contributed by atoms with Crippen LogP contribution in [-0.4, -0.2) is 16.6 Å². The Kier molecular flexibility index (Phi) is 5.95. The molecular formula is C16H26N2S. The van der Waals surface area contributed by atoms with Crippen LogP contribution in [0.2, 0.25) is 0 Å². The van der Waals surface area contributed by atoms with Crippen LogP contribution in [0.5, 0.6) is 0 Å². The smallest absolute Gasteiger partial charge is 0.0932 e. The molecular weight excluding hydrogens is 252 g/mol. The van der Waals surface area contributed by atoms with Gasteiger partial charge in [-0.15, -0.1) is 0 Å². The summed E-state index contributed by atoms with van der Waals surface area (Å²) in [5.74, 6) is 0.464. The van der Waals surface area contributed by atoms with Gasteiger partial charge in [-0.2, -0.15) is 0 Å². The highest BCUT2D eigenvalue weighted by Gasteiger charge is 2.21. The molecule has 106 valence electrons. The van der Waals surface area contributed by atoms with Crippen LogP contribution in [0.15, 0.2) is 30.3 Å². The summed E-state index contributed by atoms with van der Waals surface area (Å²) in [6.45, 7) is 11.6. The molecule has 0 aliphatic rings. The highest BCUT2D eigenvalue weighted by Crippen LogP contribution is 2.09. The summed E-state index contributed by atoms with van der Waals surface area (Å²) in [5, 5.41) is 6.96. The average Bonchev–Trinajstić information content (AvgIpc) is 2.27. The van der Waals surface area contributed by atoms with Crippen molar-refractivity contribution < 1.29 is 0 Å². The Morgan fingerprint density at radius 3 is 2.21 bits per heavy atom. The minimum atomic E-state index is 0.0125. The van der Waals surface area contributed by atoms with Gasteiger partial charge in [0.05, 0.1) is 11.0 Å². The third kappa shape index (κ3) is 6.17. The minimum absolute atomic E-state index is 0.0125. The van der Waals surface area contributed by atoms with E-state index in [0.717, 1.165) is 11.5 Å². The molecule has 3 heteroatoms. The lowest BCUT2D eigenvalue weighted by Crippen LogP contribution is -2.51. The Morgan fingerprint density at radius 2 is 1.74 bits per heavy atom. The van der Waals surface area contributed by atoms with Crippen LogP contribution in [0.3, 0.4) is 0 Å². The maximum Gasteiger partial charge on any atom is 0.0932 e. The molecule has 0 heterocycles. The summed E-state index contributed by atoms with van der Waals surface area (Å²) in [5.41, 5.74) is 1.30. The molecule has 0 aliphatic heterocycles. The summed E-state index contributed by atoms with van der Waals surface area (Å²) in [6, 6.07) is 10.6. The molecule has 0 radical (unpaired) electrons. The van der Waals surface area contributed by atoms with Crippen molar-refractivity contribution in [2.45, 2.75) is 52.7 Å². The van der Waals surface area contributed by atoms with Crippen LogP contribution >= 0.6 is 12.2 Å². The molecule has 0 bridgehead atoms. The molecule has 1 unspecified atom stereocenters. The van der Waals surface area contributed by atoms with E-state index in [-0.39, 0.29) is 11.6 Å². The lowest BCUT2D eigenvalue weighted by Gasteiger charge is -2.30. The molecule has 0 spiro atoms. The molecule has 0 aliphatic carbocycles. The first-order valence-electron chi connectivity index (χ1n) is 6.89. The van der Waals surface area contributed by atoms with Gasteiger partial charge in [0.15, 0.2) is 0 Å². The quantitative estimate of drug-likeness (QED) is 0.806. The molecule has 1 aromatic carbocycles. The molecule has 0 amide bonds. The molecule has 0 saturated heterocycles. The van der Waals surface area contributed by atoms with E-state index in [1.165, 1.54) is 5.56 Å². The Hall–Kier alpha value is -0.930. The third-order valence-corrected chi connectivity index (χ3v) is 3.17. The second-order valence-electron chi connectivity index (χ2n) is 6.33. The SMILES string of the molecule is CC(C)C(NCc1ccccc1)C(=S)NC(C)(C)C. The number of benzene rings is 1. The first-order chi connectivity index (χ1) is 8.79. The topological polar surface area (TPSA) is 24.1 Å². The lowest BCUT2D eigenvalue weighted by molar-refractivity contribution is 0.450. The van der Waals surface area contributed by atoms with E-state index >= 15 is 0 Å². The molecule has 19 heavy (non-hydrogen) atoms. The molecule has 0 aromatic heterocycles. The molecule has 2 N–H and O–H groups in total. The summed E-state index contributed by atoms with van der Waals surface area (Å²) < 4.78 is 0. The second-order valence-corrected chi connectivity index (χ2v) is 6.77. The molecule has 0 fully saturated rings. The van der Waals surface area contributed by atoms with E-state index in [4.69, 9.17) is 12.2 Å². The Balaban J connectivity index is 2.61. The average molecular weight is 278 g/mol. The van der Waals surface area contributed by atoms with Crippen LogP contribution in [0.25, 0.3) is 0 Å². The predicted molar refractivity (Wildman–Crippen MR) is 87.4 cm³/mol. The largest absolute Gasteiger partial charge is 0.374 e. The van der Waals surface area contributed by atoms with Gasteiger partial charge in [0.1, 0.15) is 0 Å². The number of rotatable bonds is 5. The maximum atomic E-state index is 5.54. The van der Waals surface area contributed by atoms with Gasteiger partial charge >= 0.3 is 0 Å².